The number of carbonyl (C=O) groups is 1. The van der Waals surface area contributed by atoms with Crippen molar-refractivity contribution in [2.45, 2.75) is 19.1 Å². The van der Waals surface area contributed by atoms with E-state index in [0.717, 1.165) is 28.9 Å². The zero-order valence-corrected chi connectivity index (χ0v) is 19.9. The lowest BCUT2D eigenvalue weighted by atomic mass is 10.1. The summed E-state index contributed by atoms with van der Waals surface area (Å²) in [6, 6.07) is 21.3. The normalized spacial score (nSPS) is 11.4. The number of anilines is 1. The van der Waals surface area contributed by atoms with Crippen molar-refractivity contribution in [2.24, 2.45) is 0 Å². The van der Waals surface area contributed by atoms with Gasteiger partial charge in [0.15, 0.2) is 0 Å². The first-order valence-corrected chi connectivity index (χ1v) is 11.3. The highest BCUT2D eigenvalue weighted by molar-refractivity contribution is 5.94. The first-order valence-electron chi connectivity index (χ1n) is 11.3. The van der Waals surface area contributed by atoms with E-state index in [1.54, 1.807) is 4.90 Å². The SMILES string of the molecule is CN(C)c1ccc(-c2noc(CCN(Cc3ccccc3)C(=O)c3ccc(C(F)(F)F)cc3)n2)cc1. The zero-order chi connectivity index (χ0) is 25.7. The van der Waals surface area contributed by atoms with Gasteiger partial charge in [-0.3, -0.25) is 4.79 Å². The van der Waals surface area contributed by atoms with Crippen LogP contribution in [0.25, 0.3) is 11.4 Å². The summed E-state index contributed by atoms with van der Waals surface area (Å²) in [4.78, 5) is 21.2. The van der Waals surface area contributed by atoms with E-state index in [4.69, 9.17) is 4.52 Å². The standard InChI is InChI=1S/C27H25F3N4O2/c1-33(2)23-14-10-20(11-15-23)25-31-24(36-32-25)16-17-34(18-19-6-4-3-5-7-19)26(35)21-8-12-22(13-9-21)27(28,29)30/h3-15H,16-18H2,1-2H3. The fourth-order valence-corrected chi connectivity index (χ4v) is 3.65. The van der Waals surface area contributed by atoms with Gasteiger partial charge in [0.05, 0.1) is 5.56 Å². The van der Waals surface area contributed by atoms with Crippen molar-refractivity contribution < 1.29 is 22.5 Å². The molecule has 0 fully saturated rings. The molecule has 4 aromatic rings. The molecule has 0 atom stereocenters. The second-order valence-electron chi connectivity index (χ2n) is 8.49. The van der Waals surface area contributed by atoms with Gasteiger partial charge in [0.25, 0.3) is 5.91 Å². The maximum atomic E-state index is 13.2. The fourth-order valence-electron chi connectivity index (χ4n) is 3.65. The Labute approximate surface area is 207 Å². The van der Waals surface area contributed by atoms with Crippen LogP contribution in [-0.4, -0.2) is 41.6 Å². The molecule has 0 saturated heterocycles. The monoisotopic (exact) mass is 494 g/mol. The number of nitrogens with zero attached hydrogens (tertiary/aromatic N) is 4. The summed E-state index contributed by atoms with van der Waals surface area (Å²) in [6.45, 7) is 0.531. The highest BCUT2D eigenvalue weighted by atomic mass is 19.4. The number of benzene rings is 3. The van der Waals surface area contributed by atoms with Gasteiger partial charge in [0.2, 0.25) is 11.7 Å². The van der Waals surface area contributed by atoms with Crippen LogP contribution in [0.15, 0.2) is 83.4 Å². The minimum atomic E-state index is -4.46. The van der Waals surface area contributed by atoms with Crippen LogP contribution in [0, 0.1) is 0 Å². The smallest absolute Gasteiger partial charge is 0.378 e. The molecule has 9 heteroatoms. The summed E-state index contributed by atoms with van der Waals surface area (Å²) in [6.07, 6.45) is -4.17. The molecule has 1 aromatic heterocycles. The Morgan fingerprint density at radius 1 is 0.917 bits per heavy atom. The van der Waals surface area contributed by atoms with E-state index in [2.05, 4.69) is 10.1 Å². The quantitative estimate of drug-likeness (QED) is 0.314. The van der Waals surface area contributed by atoms with Crippen molar-refractivity contribution in [3.8, 4) is 11.4 Å². The molecular weight excluding hydrogens is 469 g/mol. The van der Waals surface area contributed by atoms with Gasteiger partial charge in [-0.25, -0.2) is 0 Å². The van der Waals surface area contributed by atoms with Crippen molar-refractivity contribution in [1.82, 2.24) is 15.0 Å². The van der Waals surface area contributed by atoms with Crippen molar-refractivity contribution in [3.63, 3.8) is 0 Å². The van der Waals surface area contributed by atoms with Gasteiger partial charge in [-0.15, -0.1) is 0 Å². The summed E-state index contributed by atoms with van der Waals surface area (Å²) in [5.74, 6) is 0.422. The van der Waals surface area contributed by atoms with Gasteiger partial charge < -0.3 is 14.3 Å². The third-order valence-electron chi connectivity index (χ3n) is 5.67. The van der Waals surface area contributed by atoms with E-state index in [-0.39, 0.29) is 24.6 Å². The maximum absolute atomic E-state index is 13.2. The summed E-state index contributed by atoms with van der Waals surface area (Å²) < 4.78 is 44.2. The van der Waals surface area contributed by atoms with Gasteiger partial charge >= 0.3 is 6.18 Å². The van der Waals surface area contributed by atoms with E-state index in [9.17, 15) is 18.0 Å². The fraction of sp³-hybridized carbons (Fsp3) is 0.222. The van der Waals surface area contributed by atoms with Crippen LogP contribution in [0.3, 0.4) is 0 Å². The minimum Gasteiger partial charge on any atom is -0.378 e. The molecule has 0 aliphatic heterocycles. The van der Waals surface area contributed by atoms with Gasteiger partial charge in [0.1, 0.15) is 0 Å². The molecule has 36 heavy (non-hydrogen) atoms. The van der Waals surface area contributed by atoms with Crippen LogP contribution in [0.5, 0.6) is 0 Å². The number of hydrogen-bond acceptors (Lipinski definition) is 5. The number of alkyl halides is 3. The molecule has 0 radical (unpaired) electrons. The Hall–Kier alpha value is -4.14. The molecule has 4 rings (SSSR count). The molecular formula is C27H25F3N4O2. The predicted molar refractivity (Wildman–Crippen MR) is 130 cm³/mol. The third-order valence-corrected chi connectivity index (χ3v) is 5.67. The Morgan fingerprint density at radius 2 is 1.58 bits per heavy atom. The zero-order valence-electron chi connectivity index (χ0n) is 19.9. The summed E-state index contributed by atoms with van der Waals surface area (Å²) in [7, 11) is 3.91. The van der Waals surface area contributed by atoms with Crippen molar-refractivity contribution in [3.05, 3.63) is 101 Å². The molecule has 1 amide bonds. The van der Waals surface area contributed by atoms with E-state index in [1.807, 2.05) is 73.6 Å². The van der Waals surface area contributed by atoms with E-state index in [1.165, 1.54) is 12.1 Å². The third kappa shape index (κ3) is 6.10. The molecule has 0 N–H and O–H groups in total. The molecule has 0 spiro atoms. The number of aromatic nitrogens is 2. The number of hydrogen-bond donors (Lipinski definition) is 0. The Morgan fingerprint density at radius 3 is 2.19 bits per heavy atom. The predicted octanol–water partition coefficient (Wildman–Crippen LogP) is 5.71. The lowest BCUT2D eigenvalue weighted by Gasteiger charge is -2.22. The van der Waals surface area contributed by atoms with Crippen LogP contribution < -0.4 is 4.90 Å². The van der Waals surface area contributed by atoms with Crippen molar-refractivity contribution in [1.29, 1.82) is 0 Å². The average Bonchev–Trinajstić information content (AvgIpc) is 3.35. The lowest BCUT2D eigenvalue weighted by Crippen LogP contribution is -2.32. The molecule has 0 saturated carbocycles. The first-order chi connectivity index (χ1) is 17.2. The largest absolute Gasteiger partial charge is 0.416 e. The van der Waals surface area contributed by atoms with E-state index >= 15 is 0 Å². The van der Waals surface area contributed by atoms with Crippen LogP contribution in [0.4, 0.5) is 18.9 Å². The molecule has 0 bridgehead atoms. The summed E-state index contributed by atoms with van der Waals surface area (Å²) in [5, 5.41) is 4.05. The van der Waals surface area contributed by atoms with Crippen molar-refractivity contribution >= 4 is 11.6 Å². The Kier molecular flexibility index (Phi) is 7.38. The van der Waals surface area contributed by atoms with E-state index < -0.39 is 11.7 Å². The number of halogens is 3. The molecule has 0 aliphatic carbocycles. The molecule has 186 valence electrons. The van der Waals surface area contributed by atoms with Gasteiger partial charge in [0, 0.05) is 50.4 Å². The number of amides is 1. The van der Waals surface area contributed by atoms with Gasteiger partial charge in [-0.05, 0) is 54.1 Å². The van der Waals surface area contributed by atoms with Gasteiger partial charge in [-0.1, -0.05) is 35.5 Å². The summed E-state index contributed by atoms with van der Waals surface area (Å²) in [5.41, 5.74) is 2.11. The second kappa shape index (κ2) is 10.6. The van der Waals surface area contributed by atoms with Crippen molar-refractivity contribution in [2.75, 3.05) is 25.5 Å². The summed E-state index contributed by atoms with van der Waals surface area (Å²) >= 11 is 0. The molecule has 0 aliphatic rings. The average molecular weight is 495 g/mol. The van der Waals surface area contributed by atoms with Crippen LogP contribution in [0.2, 0.25) is 0 Å². The Balaban J connectivity index is 1.49. The number of rotatable bonds is 8. The topological polar surface area (TPSA) is 62.5 Å². The lowest BCUT2D eigenvalue weighted by molar-refractivity contribution is -0.137. The number of carbonyl (C=O) groups excluding carboxylic acids is 1. The second-order valence-corrected chi connectivity index (χ2v) is 8.49. The first kappa shape index (κ1) is 25.0. The molecule has 1 heterocycles. The highest BCUT2D eigenvalue weighted by Gasteiger charge is 2.30. The molecule has 6 nitrogen and oxygen atoms in total. The highest BCUT2D eigenvalue weighted by Crippen LogP contribution is 2.29. The maximum Gasteiger partial charge on any atom is 0.416 e. The minimum absolute atomic E-state index is 0.172. The molecule has 3 aromatic carbocycles. The van der Waals surface area contributed by atoms with Crippen LogP contribution in [-0.2, 0) is 19.1 Å². The van der Waals surface area contributed by atoms with Crippen LogP contribution >= 0.6 is 0 Å². The van der Waals surface area contributed by atoms with Gasteiger partial charge in [-0.2, -0.15) is 18.2 Å². The van der Waals surface area contributed by atoms with E-state index in [0.29, 0.717) is 18.1 Å². The molecule has 0 unspecified atom stereocenters. The Bertz CT molecular complexity index is 1290. The van der Waals surface area contributed by atoms with Crippen LogP contribution in [0.1, 0.15) is 27.4 Å².